The van der Waals surface area contributed by atoms with Gasteiger partial charge in [-0.2, -0.15) is 0 Å². The first kappa shape index (κ1) is 17.3. The average Bonchev–Trinajstić information content (AvgIpc) is 2.45. The summed E-state index contributed by atoms with van der Waals surface area (Å²) in [5.41, 5.74) is 0.791. The predicted octanol–water partition coefficient (Wildman–Crippen LogP) is 0.328. The van der Waals surface area contributed by atoms with Crippen molar-refractivity contribution in [2.24, 2.45) is 0 Å². The minimum absolute atomic E-state index is 0.0518. The number of benzene rings is 1. The van der Waals surface area contributed by atoms with Gasteiger partial charge in [-0.1, -0.05) is 12.1 Å². The number of hydrogen-bond donors (Lipinski definition) is 2. The lowest BCUT2D eigenvalue weighted by Crippen LogP contribution is -2.30. The molecule has 0 aromatic heterocycles. The van der Waals surface area contributed by atoms with Crippen molar-refractivity contribution in [2.45, 2.75) is 6.61 Å². The van der Waals surface area contributed by atoms with Crippen molar-refractivity contribution in [3.63, 3.8) is 0 Å². The summed E-state index contributed by atoms with van der Waals surface area (Å²) in [4.78, 5) is 11.4. The van der Waals surface area contributed by atoms with Gasteiger partial charge in [-0.15, -0.1) is 0 Å². The smallest absolute Gasteiger partial charge is 0.407 e. The van der Waals surface area contributed by atoms with Crippen LogP contribution in [-0.2, 0) is 21.2 Å². The van der Waals surface area contributed by atoms with Crippen molar-refractivity contribution in [3.05, 3.63) is 29.8 Å². The summed E-state index contributed by atoms with van der Waals surface area (Å²) in [5.74, 6) is 0.165. The Morgan fingerprint density at radius 2 is 1.90 bits per heavy atom. The number of ether oxygens (including phenoxy) is 2. The van der Waals surface area contributed by atoms with Gasteiger partial charge in [-0.3, -0.25) is 0 Å². The van der Waals surface area contributed by atoms with E-state index in [2.05, 4.69) is 5.32 Å². The second kappa shape index (κ2) is 8.48. The fourth-order valence-corrected chi connectivity index (χ4v) is 2.37. The van der Waals surface area contributed by atoms with Crippen LogP contribution in [0.15, 0.2) is 24.3 Å². The third-order valence-electron chi connectivity index (χ3n) is 2.61. The number of methoxy groups -OCH3 is 1. The van der Waals surface area contributed by atoms with Gasteiger partial charge < -0.3 is 19.9 Å². The van der Waals surface area contributed by atoms with E-state index in [1.807, 2.05) is 0 Å². The summed E-state index contributed by atoms with van der Waals surface area (Å²) in [5, 5.41) is 10.9. The number of alkyl carbamates (subject to hydrolysis) is 1. The molecule has 0 bridgehead atoms. The third kappa shape index (κ3) is 6.96. The Morgan fingerprint density at radius 1 is 1.24 bits per heavy atom. The average molecular weight is 317 g/mol. The number of carbonyl (C=O) groups is 1. The van der Waals surface area contributed by atoms with Crippen molar-refractivity contribution in [3.8, 4) is 5.75 Å². The molecular weight excluding hydrogens is 298 g/mol. The highest BCUT2D eigenvalue weighted by atomic mass is 32.2. The molecule has 0 atom stereocenters. The SMILES string of the molecule is COc1ccc(COC(=O)NCCS(=O)(=O)CCO)cc1. The summed E-state index contributed by atoms with van der Waals surface area (Å²) in [6.45, 7) is -0.396. The molecule has 0 radical (unpaired) electrons. The van der Waals surface area contributed by atoms with Gasteiger partial charge in [0.2, 0.25) is 0 Å². The molecule has 0 aliphatic heterocycles. The second-order valence-electron chi connectivity index (χ2n) is 4.23. The monoisotopic (exact) mass is 317 g/mol. The predicted molar refractivity (Wildman–Crippen MR) is 76.9 cm³/mol. The number of rotatable bonds is 8. The Balaban J connectivity index is 2.27. The van der Waals surface area contributed by atoms with Crippen molar-refractivity contribution in [2.75, 3.05) is 31.8 Å². The molecule has 1 aromatic rings. The van der Waals surface area contributed by atoms with Crippen molar-refractivity contribution < 1.29 is 27.8 Å². The van der Waals surface area contributed by atoms with Crippen molar-refractivity contribution in [1.29, 1.82) is 0 Å². The molecule has 8 heteroatoms. The molecule has 1 aromatic carbocycles. The number of hydrogen-bond acceptors (Lipinski definition) is 6. The molecule has 1 amide bonds. The zero-order valence-electron chi connectivity index (χ0n) is 11.7. The van der Waals surface area contributed by atoms with Crippen LogP contribution >= 0.6 is 0 Å². The number of nitrogens with one attached hydrogen (secondary N) is 1. The number of carbonyl (C=O) groups excluding carboxylic acids is 1. The van der Waals surface area contributed by atoms with Gasteiger partial charge in [-0.05, 0) is 17.7 Å². The van der Waals surface area contributed by atoms with E-state index in [4.69, 9.17) is 14.6 Å². The lowest BCUT2D eigenvalue weighted by atomic mass is 10.2. The van der Waals surface area contributed by atoms with Crippen LogP contribution in [0.4, 0.5) is 4.79 Å². The number of sulfone groups is 1. The molecule has 0 saturated heterocycles. The minimum atomic E-state index is -3.34. The van der Waals surface area contributed by atoms with E-state index in [0.29, 0.717) is 5.75 Å². The van der Waals surface area contributed by atoms with E-state index < -0.39 is 22.5 Å². The van der Waals surface area contributed by atoms with Crippen molar-refractivity contribution in [1.82, 2.24) is 5.32 Å². The van der Waals surface area contributed by atoms with Crippen molar-refractivity contribution >= 4 is 15.9 Å². The zero-order valence-corrected chi connectivity index (χ0v) is 12.6. The molecule has 0 saturated carbocycles. The largest absolute Gasteiger partial charge is 0.497 e. The Hall–Kier alpha value is -1.80. The van der Waals surface area contributed by atoms with E-state index in [1.54, 1.807) is 31.4 Å². The molecule has 1 rings (SSSR count). The fraction of sp³-hybridized carbons (Fsp3) is 0.462. The Bertz CT molecular complexity index is 540. The fourth-order valence-electron chi connectivity index (χ4n) is 1.47. The molecule has 0 spiro atoms. The minimum Gasteiger partial charge on any atom is -0.497 e. The van der Waals surface area contributed by atoms with Crippen LogP contribution in [0.1, 0.15) is 5.56 Å². The highest BCUT2D eigenvalue weighted by Gasteiger charge is 2.10. The van der Waals surface area contributed by atoms with E-state index in [9.17, 15) is 13.2 Å². The quantitative estimate of drug-likeness (QED) is 0.716. The first-order chi connectivity index (χ1) is 9.96. The molecule has 21 heavy (non-hydrogen) atoms. The Labute approximate surface area is 123 Å². The van der Waals surface area contributed by atoms with Crippen LogP contribution < -0.4 is 10.1 Å². The summed E-state index contributed by atoms with van der Waals surface area (Å²) in [6.07, 6.45) is -0.690. The highest BCUT2D eigenvalue weighted by molar-refractivity contribution is 7.91. The molecule has 0 aliphatic carbocycles. The van der Waals surface area contributed by atoms with Gasteiger partial charge >= 0.3 is 6.09 Å². The normalized spacial score (nSPS) is 11.0. The van der Waals surface area contributed by atoms with Gasteiger partial charge in [0, 0.05) is 6.54 Å². The number of aliphatic hydroxyl groups is 1. The molecule has 0 aliphatic rings. The molecule has 2 N–H and O–H groups in total. The van der Waals surface area contributed by atoms with Crippen LogP contribution in [-0.4, -0.2) is 51.4 Å². The molecule has 0 heterocycles. The van der Waals surface area contributed by atoms with E-state index >= 15 is 0 Å². The molecule has 0 unspecified atom stereocenters. The topological polar surface area (TPSA) is 102 Å². The molecule has 118 valence electrons. The summed E-state index contributed by atoms with van der Waals surface area (Å²) in [6, 6.07) is 7.02. The molecule has 0 fully saturated rings. The number of aliphatic hydroxyl groups excluding tert-OH is 1. The van der Waals surface area contributed by atoms with Gasteiger partial charge in [0.15, 0.2) is 9.84 Å². The third-order valence-corrected chi connectivity index (χ3v) is 4.24. The maximum Gasteiger partial charge on any atom is 0.407 e. The summed E-state index contributed by atoms with van der Waals surface area (Å²) < 4.78 is 32.5. The molecular formula is C13H19NO6S. The van der Waals surface area contributed by atoms with Gasteiger partial charge in [0.25, 0.3) is 0 Å². The Morgan fingerprint density at radius 3 is 2.48 bits per heavy atom. The van der Waals surface area contributed by atoms with Crippen LogP contribution in [0.25, 0.3) is 0 Å². The van der Waals surface area contributed by atoms with E-state index in [1.165, 1.54) is 0 Å². The van der Waals surface area contributed by atoms with Gasteiger partial charge in [0.1, 0.15) is 12.4 Å². The van der Waals surface area contributed by atoms with Gasteiger partial charge in [0.05, 0.1) is 25.2 Å². The van der Waals surface area contributed by atoms with Crippen LogP contribution in [0, 0.1) is 0 Å². The van der Waals surface area contributed by atoms with Crippen LogP contribution in [0.2, 0.25) is 0 Å². The second-order valence-corrected chi connectivity index (χ2v) is 6.53. The zero-order chi connectivity index (χ0) is 15.7. The lowest BCUT2D eigenvalue weighted by Gasteiger charge is -2.08. The summed E-state index contributed by atoms with van der Waals surface area (Å²) >= 11 is 0. The number of amides is 1. The van der Waals surface area contributed by atoms with E-state index in [0.717, 1.165) is 5.56 Å². The summed E-state index contributed by atoms with van der Waals surface area (Å²) in [7, 11) is -1.78. The maximum absolute atomic E-state index is 11.4. The van der Waals surface area contributed by atoms with Gasteiger partial charge in [-0.25, -0.2) is 13.2 Å². The first-order valence-electron chi connectivity index (χ1n) is 6.31. The Kier molecular flexibility index (Phi) is 6.97. The highest BCUT2D eigenvalue weighted by Crippen LogP contribution is 2.11. The molecule has 7 nitrogen and oxygen atoms in total. The lowest BCUT2D eigenvalue weighted by molar-refractivity contribution is 0.140. The maximum atomic E-state index is 11.4. The van der Waals surface area contributed by atoms with Crippen LogP contribution in [0.5, 0.6) is 5.75 Å². The van der Waals surface area contributed by atoms with E-state index in [-0.39, 0.29) is 24.7 Å². The van der Waals surface area contributed by atoms with Crippen LogP contribution in [0.3, 0.4) is 0 Å². The first-order valence-corrected chi connectivity index (χ1v) is 8.14. The standard InChI is InChI=1S/C13H19NO6S/c1-19-12-4-2-11(3-5-12)10-20-13(16)14-6-8-21(17,18)9-7-15/h2-5,15H,6-10H2,1H3,(H,14,16).